The van der Waals surface area contributed by atoms with E-state index in [1.165, 1.54) is 0 Å². The molecule has 172 valence electrons. The molecule has 0 spiro atoms. The third-order valence-corrected chi connectivity index (χ3v) is 4.23. The van der Waals surface area contributed by atoms with E-state index < -0.39 is 0 Å². The van der Waals surface area contributed by atoms with Crippen LogP contribution in [0.15, 0.2) is 30.2 Å². The van der Waals surface area contributed by atoms with Gasteiger partial charge in [-0.25, -0.2) is 0 Å². The quantitative estimate of drug-likeness (QED) is 0.129. The summed E-state index contributed by atoms with van der Waals surface area (Å²) < 4.78 is 0. The van der Waals surface area contributed by atoms with E-state index in [0.717, 1.165) is 25.7 Å². The van der Waals surface area contributed by atoms with E-state index in [1.54, 1.807) is 0 Å². The van der Waals surface area contributed by atoms with Crippen LogP contribution in [0.3, 0.4) is 0 Å². The first-order valence-electron chi connectivity index (χ1n) is 11.0. The summed E-state index contributed by atoms with van der Waals surface area (Å²) in [5.41, 5.74) is 23.7. The van der Waals surface area contributed by atoms with Crippen molar-refractivity contribution in [3.63, 3.8) is 0 Å². The maximum absolute atomic E-state index is 6.09. The first-order valence-corrected chi connectivity index (χ1v) is 11.0. The van der Waals surface area contributed by atoms with Gasteiger partial charge in [0, 0.05) is 12.8 Å². The maximum atomic E-state index is 6.09. The molecule has 0 aromatic carbocycles. The second kappa shape index (κ2) is 17.3. The molecule has 0 heterocycles. The van der Waals surface area contributed by atoms with Crippen LogP contribution in [0, 0.1) is 0 Å². The van der Waals surface area contributed by atoms with Gasteiger partial charge in [0.15, 0.2) is 0 Å². The predicted octanol–water partition coefficient (Wildman–Crippen LogP) is 2.02. The smallest absolute Gasteiger partial charge is 0.127 e. The van der Waals surface area contributed by atoms with Crippen LogP contribution in [0.5, 0.6) is 0 Å². The van der Waals surface area contributed by atoms with E-state index >= 15 is 0 Å². The van der Waals surface area contributed by atoms with Crippen LogP contribution < -0.4 is 22.9 Å². The molecule has 0 fully saturated rings. The molecule has 0 rings (SSSR count). The van der Waals surface area contributed by atoms with Crippen molar-refractivity contribution in [1.29, 1.82) is 0 Å². The average molecular weight is 423 g/mol. The van der Waals surface area contributed by atoms with Gasteiger partial charge in [-0.1, -0.05) is 27.7 Å². The molecule has 0 saturated carbocycles. The van der Waals surface area contributed by atoms with Crippen molar-refractivity contribution in [3.8, 4) is 0 Å². The first kappa shape index (κ1) is 27.5. The predicted molar refractivity (Wildman–Crippen MR) is 129 cm³/mol. The van der Waals surface area contributed by atoms with Crippen LogP contribution in [0.1, 0.15) is 66.2 Å². The molecule has 0 aliphatic heterocycles. The summed E-state index contributed by atoms with van der Waals surface area (Å²) in [6, 6.07) is -0.579. The average Bonchev–Trinajstić information content (AvgIpc) is 2.72. The van der Waals surface area contributed by atoms with Crippen LogP contribution in [0.25, 0.3) is 0 Å². The number of nitrogens with zero attached hydrogens (tertiary/aromatic N) is 6. The van der Waals surface area contributed by atoms with Crippen molar-refractivity contribution in [1.82, 2.24) is 0 Å². The number of azo groups is 1. The van der Waals surface area contributed by atoms with Gasteiger partial charge < -0.3 is 22.9 Å². The van der Waals surface area contributed by atoms with Crippen LogP contribution in [0.2, 0.25) is 0 Å². The topological polar surface area (TPSA) is 178 Å². The molecule has 0 aliphatic carbocycles. The van der Waals surface area contributed by atoms with Gasteiger partial charge in [-0.3, -0.25) is 20.0 Å². The SMILES string of the molecule is CCCC(N)=NCCN=C(N)C(CC)N=NC(CC)C(N)=NCCN=C(N)CCC. The fraction of sp³-hybridized carbons (Fsp3) is 0.800. The fourth-order valence-corrected chi connectivity index (χ4v) is 2.49. The molecule has 0 bridgehead atoms. The Morgan fingerprint density at radius 3 is 1.20 bits per heavy atom. The third-order valence-electron chi connectivity index (χ3n) is 4.23. The zero-order valence-corrected chi connectivity index (χ0v) is 19.2. The third kappa shape index (κ3) is 12.8. The second-order valence-electron chi connectivity index (χ2n) is 6.94. The number of aliphatic imine (C=N–C) groups is 4. The zero-order valence-electron chi connectivity index (χ0n) is 19.2. The van der Waals surface area contributed by atoms with Gasteiger partial charge in [-0.05, 0) is 25.7 Å². The van der Waals surface area contributed by atoms with Gasteiger partial charge >= 0.3 is 0 Å². The minimum absolute atomic E-state index is 0.290. The number of rotatable bonds is 16. The molecule has 30 heavy (non-hydrogen) atoms. The molecule has 2 atom stereocenters. The van der Waals surface area contributed by atoms with Crippen LogP contribution in [0.4, 0.5) is 0 Å². The molecule has 0 radical (unpaired) electrons. The van der Waals surface area contributed by atoms with E-state index in [0.29, 0.717) is 62.4 Å². The molecule has 0 amide bonds. The Morgan fingerprint density at radius 2 is 0.900 bits per heavy atom. The van der Waals surface area contributed by atoms with Crippen LogP contribution in [-0.4, -0.2) is 61.6 Å². The molecule has 10 nitrogen and oxygen atoms in total. The Morgan fingerprint density at radius 1 is 0.567 bits per heavy atom. The van der Waals surface area contributed by atoms with Gasteiger partial charge in [0.2, 0.25) is 0 Å². The lowest BCUT2D eigenvalue weighted by molar-refractivity contribution is 0.679. The summed E-state index contributed by atoms with van der Waals surface area (Å²) in [6.07, 6.45) is 4.93. The normalized spacial score (nSPS) is 16.3. The highest BCUT2D eigenvalue weighted by Gasteiger charge is 2.13. The maximum Gasteiger partial charge on any atom is 0.127 e. The van der Waals surface area contributed by atoms with Crippen molar-refractivity contribution in [2.75, 3.05) is 26.2 Å². The van der Waals surface area contributed by atoms with Crippen LogP contribution in [-0.2, 0) is 0 Å². The minimum Gasteiger partial charge on any atom is -0.387 e. The van der Waals surface area contributed by atoms with E-state index in [4.69, 9.17) is 22.9 Å². The van der Waals surface area contributed by atoms with Gasteiger partial charge in [0.25, 0.3) is 0 Å². The van der Waals surface area contributed by atoms with Gasteiger partial charge in [-0.2, -0.15) is 10.2 Å². The number of hydrogen-bond donors (Lipinski definition) is 4. The molecule has 0 aromatic rings. The molecule has 0 aromatic heterocycles. The molecule has 8 N–H and O–H groups in total. The number of amidine groups is 4. The highest BCUT2D eigenvalue weighted by atomic mass is 15.2. The fourth-order valence-electron chi connectivity index (χ4n) is 2.49. The zero-order chi connectivity index (χ0) is 22.8. The Hall–Kier alpha value is -2.52. The molecule has 0 aliphatic rings. The summed E-state index contributed by atoms with van der Waals surface area (Å²) in [4.78, 5) is 17.2. The Bertz CT molecular complexity index is 555. The standard InChI is InChI=1S/C20H42N10/c1-5-9-17(21)25-11-13-27-19(23)15(7-3)29-30-16(8-4)20(24)28-14-12-26-18(22)10-6-2/h15-16H,5-14H2,1-4H3,(H2,21,25)(H2,22,26)(H2,23,27)(H2,24,28). The number of nitrogens with two attached hydrogens (primary N) is 4. The molecule has 2 unspecified atom stereocenters. The first-order chi connectivity index (χ1) is 14.4. The summed E-state index contributed by atoms with van der Waals surface area (Å²) in [5.74, 6) is 2.18. The van der Waals surface area contributed by atoms with E-state index in [2.05, 4.69) is 44.0 Å². The molecular formula is C20H42N10. The molecule has 0 saturated heterocycles. The monoisotopic (exact) mass is 422 g/mol. The van der Waals surface area contributed by atoms with Crippen molar-refractivity contribution in [2.45, 2.75) is 78.3 Å². The van der Waals surface area contributed by atoms with E-state index in [9.17, 15) is 0 Å². The number of hydrogen-bond acceptors (Lipinski definition) is 6. The Labute approximate surface area is 181 Å². The molecular weight excluding hydrogens is 380 g/mol. The van der Waals surface area contributed by atoms with Crippen molar-refractivity contribution in [3.05, 3.63) is 0 Å². The lowest BCUT2D eigenvalue weighted by Gasteiger charge is -2.12. The van der Waals surface area contributed by atoms with Crippen molar-refractivity contribution < 1.29 is 0 Å². The van der Waals surface area contributed by atoms with Gasteiger partial charge in [0.05, 0.1) is 37.9 Å². The Balaban J connectivity index is 4.78. The summed E-state index contributed by atoms with van der Waals surface area (Å²) in [5, 5.41) is 8.72. The van der Waals surface area contributed by atoms with E-state index in [-0.39, 0.29) is 12.1 Å². The van der Waals surface area contributed by atoms with Gasteiger partial charge in [-0.15, -0.1) is 0 Å². The molecule has 10 heteroatoms. The lowest BCUT2D eigenvalue weighted by atomic mass is 10.2. The second-order valence-corrected chi connectivity index (χ2v) is 6.94. The Kier molecular flexibility index (Phi) is 15.9. The minimum atomic E-state index is -0.290. The van der Waals surface area contributed by atoms with E-state index in [1.807, 2.05) is 13.8 Å². The van der Waals surface area contributed by atoms with Crippen molar-refractivity contribution in [2.24, 2.45) is 53.1 Å². The highest BCUT2D eigenvalue weighted by Crippen LogP contribution is 2.05. The highest BCUT2D eigenvalue weighted by molar-refractivity contribution is 5.87. The lowest BCUT2D eigenvalue weighted by Crippen LogP contribution is -2.30. The largest absolute Gasteiger partial charge is 0.387 e. The summed E-state index contributed by atoms with van der Waals surface area (Å²) in [7, 11) is 0. The van der Waals surface area contributed by atoms with Crippen LogP contribution >= 0.6 is 0 Å². The summed E-state index contributed by atoms with van der Waals surface area (Å²) >= 11 is 0. The van der Waals surface area contributed by atoms with Crippen molar-refractivity contribution >= 4 is 23.3 Å². The summed E-state index contributed by atoms with van der Waals surface area (Å²) in [6.45, 7) is 10.1. The van der Waals surface area contributed by atoms with Gasteiger partial charge in [0.1, 0.15) is 23.8 Å².